The van der Waals surface area contributed by atoms with Gasteiger partial charge >= 0.3 is 0 Å². The van der Waals surface area contributed by atoms with Gasteiger partial charge in [0.25, 0.3) is 0 Å². The molecule has 3 nitrogen and oxygen atoms in total. The highest BCUT2D eigenvalue weighted by Crippen LogP contribution is 2.30. The highest BCUT2D eigenvalue weighted by Gasteiger charge is 2.09. The third kappa shape index (κ3) is 2.86. The van der Waals surface area contributed by atoms with Crippen LogP contribution in [-0.2, 0) is 0 Å². The maximum absolute atomic E-state index is 10.9. The highest BCUT2D eigenvalue weighted by molar-refractivity contribution is 5.81. The van der Waals surface area contributed by atoms with Crippen molar-refractivity contribution in [1.82, 2.24) is 0 Å². The number of hydrogen-bond donors (Lipinski definition) is 0. The maximum atomic E-state index is 10.9. The minimum Gasteiger partial charge on any atom is -0.493 e. The molecular formula is C13H16O3. The van der Waals surface area contributed by atoms with E-state index in [0.29, 0.717) is 23.7 Å². The average Bonchev–Trinajstić information content (AvgIpc) is 2.35. The molecule has 16 heavy (non-hydrogen) atoms. The van der Waals surface area contributed by atoms with Gasteiger partial charge in [-0.25, -0.2) is 0 Å². The number of methoxy groups -OCH3 is 1. The smallest absolute Gasteiger partial charge is 0.172 e. The summed E-state index contributed by atoms with van der Waals surface area (Å²) < 4.78 is 10.7. The first-order valence-electron chi connectivity index (χ1n) is 5.14. The van der Waals surface area contributed by atoms with E-state index < -0.39 is 0 Å². The first-order chi connectivity index (χ1) is 7.72. The third-order valence-electron chi connectivity index (χ3n) is 2.28. The topological polar surface area (TPSA) is 35.5 Å². The van der Waals surface area contributed by atoms with Crippen LogP contribution in [0.25, 0.3) is 0 Å². The number of rotatable bonds is 6. The van der Waals surface area contributed by atoms with Crippen molar-refractivity contribution in [2.24, 2.45) is 0 Å². The van der Waals surface area contributed by atoms with Crippen LogP contribution in [-0.4, -0.2) is 20.0 Å². The fourth-order valence-corrected chi connectivity index (χ4v) is 1.22. The highest BCUT2D eigenvalue weighted by atomic mass is 16.5. The number of aldehydes is 1. The van der Waals surface area contributed by atoms with Crippen molar-refractivity contribution in [2.45, 2.75) is 13.3 Å². The lowest BCUT2D eigenvalue weighted by atomic mass is 10.2. The lowest BCUT2D eigenvalue weighted by Gasteiger charge is -2.12. The standard InChI is InChI=1S/C13H16O3/c1-4-10(2)9-16-13-11(8-14)6-5-7-12(13)15-3/h5-8H,2,4,9H2,1,3H3. The molecule has 3 heteroatoms. The molecule has 0 N–H and O–H groups in total. The van der Waals surface area contributed by atoms with E-state index >= 15 is 0 Å². The number of carbonyl (C=O) groups excluding carboxylic acids is 1. The fourth-order valence-electron chi connectivity index (χ4n) is 1.22. The molecule has 0 spiro atoms. The van der Waals surface area contributed by atoms with Gasteiger partial charge < -0.3 is 9.47 Å². The molecule has 0 radical (unpaired) electrons. The number of para-hydroxylation sites is 1. The van der Waals surface area contributed by atoms with E-state index in [9.17, 15) is 4.79 Å². The summed E-state index contributed by atoms with van der Waals surface area (Å²) in [5.74, 6) is 1.04. The predicted octanol–water partition coefficient (Wildman–Crippen LogP) is 2.85. The van der Waals surface area contributed by atoms with Gasteiger partial charge in [-0.1, -0.05) is 19.6 Å². The molecule has 0 fully saturated rings. The van der Waals surface area contributed by atoms with Crippen LogP contribution in [0.15, 0.2) is 30.4 Å². The van der Waals surface area contributed by atoms with Gasteiger partial charge in [0, 0.05) is 0 Å². The van der Waals surface area contributed by atoms with Gasteiger partial charge in [-0.05, 0) is 24.1 Å². The van der Waals surface area contributed by atoms with Crippen molar-refractivity contribution in [2.75, 3.05) is 13.7 Å². The Morgan fingerprint density at radius 3 is 2.81 bits per heavy atom. The molecule has 0 heterocycles. The van der Waals surface area contributed by atoms with Gasteiger partial charge in [-0.2, -0.15) is 0 Å². The summed E-state index contributed by atoms with van der Waals surface area (Å²) in [7, 11) is 1.55. The molecule has 86 valence electrons. The van der Waals surface area contributed by atoms with Crippen molar-refractivity contribution in [3.8, 4) is 11.5 Å². The monoisotopic (exact) mass is 220 g/mol. The first-order valence-corrected chi connectivity index (χ1v) is 5.14. The Balaban J connectivity index is 2.91. The fraction of sp³-hybridized carbons (Fsp3) is 0.308. The molecule has 0 bridgehead atoms. The predicted molar refractivity (Wildman–Crippen MR) is 63.3 cm³/mol. The molecule has 0 aliphatic heterocycles. The summed E-state index contributed by atoms with van der Waals surface area (Å²) in [6, 6.07) is 5.21. The van der Waals surface area contributed by atoms with Crippen molar-refractivity contribution in [3.05, 3.63) is 35.9 Å². The molecule has 0 atom stereocenters. The zero-order chi connectivity index (χ0) is 12.0. The zero-order valence-corrected chi connectivity index (χ0v) is 9.66. The van der Waals surface area contributed by atoms with Crippen LogP contribution < -0.4 is 9.47 Å². The minimum absolute atomic E-state index is 0.401. The molecule has 1 aromatic rings. The Bertz CT molecular complexity index is 383. The molecule has 0 saturated carbocycles. The van der Waals surface area contributed by atoms with Crippen LogP contribution in [0.2, 0.25) is 0 Å². The number of ether oxygens (including phenoxy) is 2. The molecule has 0 aliphatic carbocycles. The maximum Gasteiger partial charge on any atom is 0.172 e. The van der Waals surface area contributed by atoms with Crippen LogP contribution in [0.5, 0.6) is 11.5 Å². The van der Waals surface area contributed by atoms with Gasteiger partial charge in [0.15, 0.2) is 17.8 Å². The summed E-state index contributed by atoms with van der Waals surface area (Å²) in [6.45, 7) is 6.25. The molecule has 1 aromatic carbocycles. The molecular weight excluding hydrogens is 204 g/mol. The molecule has 0 saturated heterocycles. The van der Waals surface area contributed by atoms with E-state index in [-0.39, 0.29) is 0 Å². The number of benzene rings is 1. The van der Waals surface area contributed by atoms with E-state index in [1.807, 2.05) is 6.92 Å². The summed E-state index contributed by atoms with van der Waals surface area (Å²) in [5.41, 5.74) is 1.46. The lowest BCUT2D eigenvalue weighted by molar-refractivity contribution is 0.111. The van der Waals surface area contributed by atoms with Crippen molar-refractivity contribution in [1.29, 1.82) is 0 Å². The normalized spacial score (nSPS) is 9.62. The second kappa shape index (κ2) is 5.95. The third-order valence-corrected chi connectivity index (χ3v) is 2.28. The Kier molecular flexibility index (Phi) is 4.58. The van der Waals surface area contributed by atoms with E-state index in [4.69, 9.17) is 9.47 Å². The molecule has 0 unspecified atom stereocenters. The second-order valence-electron chi connectivity index (χ2n) is 3.39. The van der Waals surface area contributed by atoms with Crippen LogP contribution in [0, 0.1) is 0 Å². The molecule has 1 rings (SSSR count). The Morgan fingerprint density at radius 1 is 1.50 bits per heavy atom. The lowest BCUT2D eigenvalue weighted by Crippen LogP contribution is -2.03. The van der Waals surface area contributed by atoms with Crippen LogP contribution in [0.1, 0.15) is 23.7 Å². The summed E-state index contributed by atoms with van der Waals surface area (Å²) in [5, 5.41) is 0. The van der Waals surface area contributed by atoms with Crippen LogP contribution >= 0.6 is 0 Å². The van der Waals surface area contributed by atoms with E-state index in [1.54, 1.807) is 25.3 Å². The van der Waals surface area contributed by atoms with Crippen molar-refractivity contribution >= 4 is 6.29 Å². The van der Waals surface area contributed by atoms with Gasteiger partial charge in [0.1, 0.15) is 6.61 Å². The minimum atomic E-state index is 0.401. The summed E-state index contributed by atoms with van der Waals surface area (Å²) in [6.07, 6.45) is 1.61. The average molecular weight is 220 g/mol. The van der Waals surface area contributed by atoms with Gasteiger partial charge in [-0.3, -0.25) is 4.79 Å². The Labute approximate surface area is 95.7 Å². The van der Waals surface area contributed by atoms with Gasteiger partial charge in [0.2, 0.25) is 0 Å². The van der Waals surface area contributed by atoms with Gasteiger partial charge in [-0.15, -0.1) is 0 Å². The van der Waals surface area contributed by atoms with E-state index in [0.717, 1.165) is 18.3 Å². The number of carbonyl (C=O) groups is 1. The SMILES string of the molecule is C=C(CC)COc1c(C=O)cccc1OC. The first kappa shape index (κ1) is 12.3. The Morgan fingerprint density at radius 2 is 2.25 bits per heavy atom. The summed E-state index contributed by atoms with van der Waals surface area (Å²) in [4.78, 5) is 10.9. The van der Waals surface area contributed by atoms with Crippen LogP contribution in [0.3, 0.4) is 0 Å². The molecule has 0 amide bonds. The van der Waals surface area contributed by atoms with E-state index in [1.165, 1.54) is 0 Å². The second-order valence-corrected chi connectivity index (χ2v) is 3.39. The van der Waals surface area contributed by atoms with Gasteiger partial charge in [0.05, 0.1) is 12.7 Å². The van der Waals surface area contributed by atoms with E-state index in [2.05, 4.69) is 6.58 Å². The Hall–Kier alpha value is -1.77. The van der Waals surface area contributed by atoms with Crippen molar-refractivity contribution in [3.63, 3.8) is 0 Å². The molecule has 0 aromatic heterocycles. The largest absolute Gasteiger partial charge is 0.493 e. The van der Waals surface area contributed by atoms with Crippen molar-refractivity contribution < 1.29 is 14.3 Å². The quantitative estimate of drug-likeness (QED) is 0.546. The zero-order valence-electron chi connectivity index (χ0n) is 9.66. The van der Waals surface area contributed by atoms with Crippen LogP contribution in [0.4, 0.5) is 0 Å². The number of hydrogen-bond acceptors (Lipinski definition) is 3. The molecule has 0 aliphatic rings. The summed E-state index contributed by atoms with van der Waals surface area (Å²) >= 11 is 0.